The van der Waals surface area contributed by atoms with Crippen LogP contribution >= 0.6 is 23.2 Å². The molecule has 0 bridgehead atoms. The molecule has 0 aliphatic carbocycles. The van der Waals surface area contributed by atoms with Crippen molar-refractivity contribution in [3.63, 3.8) is 0 Å². The quantitative estimate of drug-likeness (QED) is 0.300. The van der Waals surface area contributed by atoms with Crippen molar-refractivity contribution in [3.8, 4) is 11.5 Å². The number of aromatic amines is 1. The normalized spacial score (nSPS) is 18.0. The summed E-state index contributed by atoms with van der Waals surface area (Å²) in [7, 11) is 0. The zero-order valence-electron chi connectivity index (χ0n) is 20.1. The molecule has 0 unspecified atom stereocenters. The fraction of sp³-hybridized carbons (Fsp3) is 0.276. The van der Waals surface area contributed by atoms with E-state index in [0.717, 1.165) is 54.0 Å². The number of benzene rings is 3. The summed E-state index contributed by atoms with van der Waals surface area (Å²) in [5, 5.41) is 2.35. The first-order valence-electron chi connectivity index (χ1n) is 12.4. The van der Waals surface area contributed by atoms with Gasteiger partial charge in [0, 0.05) is 46.0 Å². The van der Waals surface area contributed by atoms with Crippen molar-refractivity contribution in [1.29, 1.82) is 0 Å². The summed E-state index contributed by atoms with van der Waals surface area (Å²) < 4.78 is 17.4. The number of ether oxygens (including phenoxy) is 3. The Kier molecular flexibility index (Phi) is 6.72. The van der Waals surface area contributed by atoms with Gasteiger partial charge < -0.3 is 19.2 Å². The molecule has 2 aliphatic heterocycles. The summed E-state index contributed by atoms with van der Waals surface area (Å²) in [6.45, 7) is 1.95. The summed E-state index contributed by atoms with van der Waals surface area (Å²) in [5.74, 6) is 1.26. The monoisotopic (exact) mass is 536 g/mol. The molecule has 1 atom stereocenters. The lowest BCUT2D eigenvalue weighted by atomic mass is 9.92. The van der Waals surface area contributed by atoms with Crippen LogP contribution in [0.4, 0.5) is 4.79 Å². The minimum absolute atomic E-state index is 0.158. The number of hydrogen-bond acceptors (Lipinski definition) is 4. The molecule has 6 rings (SSSR count). The molecule has 1 aromatic heterocycles. The van der Waals surface area contributed by atoms with Crippen LogP contribution in [0.1, 0.15) is 35.7 Å². The molecule has 1 saturated heterocycles. The second-order valence-electron chi connectivity index (χ2n) is 9.37. The summed E-state index contributed by atoms with van der Waals surface area (Å²) in [6, 6.07) is 20.3. The van der Waals surface area contributed by atoms with Crippen molar-refractivity contribution in [2.45, 2.75) is 31.4 Å². The third-order valence-corrected chi connectivity index (χ3v) is 7.50. The van der Waals surface area contributed by atoms with Gasteiger partial charge in [0.25, 0.3) is 0 Å². The topological polar surface area (TPSA) is 63.8 Å². The Balaban J connectivity index is 1.34. The number of nitrogens with zero attached hydrogens (tertiary/aromatic N) is 1. The molecule has 1 fully saturated rings. The van der Waals surface area contributed by atoms with E-state index in [-0.39, 0.29) is 12.1 Å². The van der Waals surface area contributed by atoms with Gasteiger partial charge in [-0.05, 0) is 72.1 Å². The summed E-state index contributed by atoms with van der Waals surface area (Å²) in [6.07, 6.45) is 2.19. The molecular formula is C29H26Cl2N2O4. The zero-order valence-corrected chi connectivity index (χ0v) is 21.6. The smallest absolute Gasteiger partial charge is 0.416 e. The standard InChI is InChI=1S/C29H26Cl2N2O4/c30-19-3-8-22(9-4-19)37-29(34)33-14-11-24-25-17-20(31)5-10-26(25)32-27(24)28(33)18-1-6-21(7-2-18)36-23-12-15-35-16-13-23/h1-10,17,23,28,32H,11-16H2/t28-/m0/s1. The number of carbonyl (C=O) groups excluding carboxylic acids is 1. The van der Waals surface area contributed by atoms with E-state index in [1.54, 1.807) is 29.2 Å². The lowest BCUT2D eigenvalue weighted by Crippen LogP contribution is -2.42. The van der Waals surface area contributed by atoms with Crippen LogP contribution in [0.25, 0.3) is 10.9 Å². The fourth-order valence-corrected chi connectivity index (χ4v) is 5.48. The molecule has 1 N–H and O–H groups in total. The molecule has 3 aromatic carbocycles. The Morgan fingerprint density at radius 1 is 0.919 bits per heavy atom. The number of nitrogens with one attached hydrogen (secondary N) is 1. The third kappa shape index (κ3) is 5.01. The first-order chi connectivity index (χ1) is 18.0. The van der Waals surface area contributed by atoms with E-state index < -0.39 is 6.09 Å². The number of hydrogen-bond donors (Lipinski definition) is 1. The van der Waals surface area contributed by atoms with Gasteiger partial charge in [-0.15, -0.1) is 0 Å². The minimum Gasteiger partial charge on any atom is -0.490 e. The predicted molar refractivity (Wildman–Crippen MR) is 144 cm³/mol. The molecule has 0 saturated carbocycles. The van der Waals surface area contributed by atoms with Crippen LogP contribution in [0.3, 0.4) is 0 Å². The highest BCUT2D eigenvalue weighted by molar-refractivity contribution is 6.31. The van der Waals surface area contributed by atoms with E-state index in [0.29, 0.717) is 28.8 Å². The minimum atomic E-state index is -0.419. The average Bonchev–Trinajstić information content (AvgIpc) is 3.28. The van der Waals surface area contributed by atoms with Crippen LogP contribution < -0.4 is 9.47 Å². The molecular weight excluding hydrogens is 511 g/mol. The number of fused-ring (bicyclic) bond motifs is 3. The number of H-pyrrole nitrogens is 1. The number of amides is 1. The summed E-state index contributed by atoms with van der Waals surface area (Å²) >= 11 is 12.3. The van der Waals surface area contributed by atoms with Crippen LogP contribution in [0.5, 0.6) is 11.5 Å². The Morgan fingerprint density at radius 2 is 1.62 bits per heavy atom. The molecule has 8 heteroatoms. The van der Waals surface area contributed by atoms with Crippen molar-refractivity contribution in [1.82, 2.24) is 9.88 Å². The Labute approximate surface area is 225 Å². The number of halogens is 2. The predicted octanol–water partition coefficient (Wildman–Crippen LogP) is 7.18. The van der Waals surface area contributed by atoms with E-state index in [1.807, 2.05) is 42.5 Å². The Bertz CT molecular complexity index is 1410. The van der Waals surface area contributed by atoms with Crippen LogP contribution in [0.15, 0.2) is 66.7 Å². The Morgan fingerprint density at radius 3 is 2.38 bits per heavy atom. The zero-order chi connectivity index (χ0) is 25.4. The molecule has 6 nitrogen and oxygen atoms in total. The van der Waals surface area contributed by atoms with Gasteiger partial charge >= 0.3 is 6.09 Å². The number of rotatable bonds is 4. The average molecular weight is 537 g/mol. The second kappa shape index (κ2) is 10.3. The molecule has 0 spiro atoms. The van der Waals surface area contributed by atoms with Gasteiger partial charge in [0.2, 0.25) is 0 Å². The Hall–Kier alpha value is -3.19. The van der Waals surface area contributed by atoms with Crippen LogP contribution in [-0.2, 0) is 11.2 Å². The molecule has 37 heavy (non-hydrogen) atoms. The molecule has 2 aliphatic rings. The summed E-state index contributed by atoms with van der Waals surface area (Å²) in [4.78, 5) is 18.8. The maximum atomic E-state index is 13.4. The largest absolute Gasteiger partial charge is 0.490 e. The molecule has 4 aromatic rings. The maximum absolute atomic E-state index is 13.4. The summed E-state index contributed by atoms with van der Waals surface area (Å²) in [5.41, 5.74) is 4.09. The maximum Gasteiger partial charge on any atom is 0.416 e. The van der Waals surface area contributed by atoms with Gasteiger partial charge in [-0.2, -0.15) is 0 Å². The molecule has 3 heterocycles. The van der Waals surface area contributed by atoms with Crippen molar-refractivity contribution >= 4 is 40.2 Å². The van der Waals surface area contributed by atoms with Crippen molar-refractivity contribution in [2.24, 2.45) is 0 Å². The molecule has 1 amide bonds. The van der Waals surface area contributed by atoms with Crippen LogP contribution in [-0.4, -0.2) is 41.8 Å². The van der Waals surface area contributed by atoms with Crippen molar-refractivity contribution in [2.75, 3.05) is 19.8 Å². The second-order valence-corrected chi connectivity index (χ2v) is 10.2. The third-order valence-electron chi connectivity index (χ3n) is 7.01. The van der Waals surface area contributed by atoms with Gasteiger partial charge in [-0.1, -0.05) is 35.3 Å². The van der Waals surface area contributed by atoms with Gasteiger partial charge in [0.15, 0.2) is 0 Å². The van der Waals surface area contributed by atoms with Gasteiger partial charge in [0.05, 0.1) is 13.2 Å². The van der Waals surface area contributed by atoms with E-state index in [4.69, 9.17) is 37.4 Å². The SMILES string of the molecule is O=C(Oc1ccc(Cl)cc1)N1CCc2c([nH]c3ccc(Cl)cc23)[C@@H]1c1ccc(OC2CCOCC2)cc1. The first kappa shape index (κ1) is 24.2. The fourth-order valence-electron chi connectivity index (χ4n) is 5.18. The lowest BCUT2D eigenvalue weighted by Gasteiger charge is -2.35. The van der Waals surface area contributed by atoms with Crippen molar-refractivity contribution in [3.05, 3.63) is 93.6 Å². The molecule has 0 radical (unpaired) electrons. The van der Waals surface area contributed by atoms with E-state index in [9.17, 15) is 4.79 Å². The number of carbonyl (C=O) groups is 1. The highest BCUT2D eigenvalue weighted by Gasteiger charge is 2.36. The van der Waals surface area contributed by atoms with Gasteiger partial charge in [-0.3, -0.25) is 4.90 Å². The highest BCUT2D eigenvalue weighted by Crippen LogP contribution is 2.40. The molecule has 190 valence electrons. The van der Waals surface area contributed by atoms with E-state index in [1.165, 1.54) is 5.56 Å². The lowest BCUT2D eigenvalue weighted by molar-refractivity contribution is 0.0255. The van der Waals surface area contributed by atoms with Crippen molar-refractivity contribution < 1.29 is 19.0 Å². The van der Waals surface area contributed by atoms with E-state index in [2.05, 4.69) is 4.98 Å². The first-order valence-corrected chi connectivity index (χ1v) is 13.2. The van der Waals surface area contributed by atoms with E-state index >= 15 is 0 Å². The highest BCUT2D eigenvalue weighted by atomic mass is 35.5. The van der Waals surface area contributed by atoms with Gasteiger partial charge in [-0.25, -0.2) is 4.79 Å². The number of aromatic nitrogens is 1. The van der Waals surface area contributed by atoms with Crippen LogP contribution in [0.2, 0.25) is 10.0 Å². The van der Waals surface area contributed by atoms with Crippen LogP contribution in [0, 0.1) is 0 Å². The van der Waals surface area contributed by atoms with Gasteiger partial charge in [0.1, 0.15) is 23.6 Å².